The maximum Gasteiger partial charge on any atom is 0.287 e. The quantitative estimate of drug-likeness (QED) is 0.863. The van der Waals surface area contributed by atoms with Gasteiger partial charge in [-0.05, 0) is 6.92 Å². The summed E-state index contributed by atoms with van der Waals surface area (Å²) in [7, 11) is -1.59. The number of rotatable bonds is 3. The van der Waals surface area contributed by atoms with E-state index in [4.69, 9.17) is 4.42 Å². The number of amides is 1. The van der Waals surface area contributed by atoms with Gasteiger partial charge in [0.1, 0.15) is 8.07 Å². The Hall–Kier alpha value is -1.55. The molecule has 1 N–H and O–H groups in total. The second-order valence-electron chi connectivity index (χ2n) is 5.42. The molecular weight excluding hydrogens is 242 g/mol. The van der Waals surface area contributed by atoms with Crippen molar-refractivity contribution in [2.45, 2.75) is 26.6 Å². The molecule has 0 bridgehead atoms. The maximum absolute atomic E-state index is 12.0. The number of nitrogens with one attached hydrogen (secondary N) is 1. The zero-order chi connectivity index (χ0) is 13.3. The Bertz CT molecular complexity index is 581. The van der Waals surface area contributed by atoms with E-state index in [-0.39, 0.29) is 5.91 Å². The van der Waals surface area contributed by atoms with Gasteiger partial charge in [-0.1, -0.05) is 43.9 Å². The zero-order valence-corrected chi connectivity index (χ0v) is 12.3. The van der Waals surface area contributed by atoms with Crippen molar-refractivity contribution in [3.63, 3.8) is 0 Å². The molecule has 18 heavy (non-hydrogen) atoms. The zero-order valence-electron chi connectivity index (χ0n) is 11.3. The van der Waals surface area contributed by atoms with E-state index < -0.39 is 8.07 Å². The van der Waals surface area contributed by atoms with Crippen LogP contribution >= 0.6 is 0 Å². The molecule has 2 rings (SSSR count). The summed E-state index contributed by atoms with van der Waals surface area (Å²) in [5, 5.41) is 5.80. The van der Waals surface area contributed by atoms with Gasteiger partial charge in [0, 0.05) is 17.3 Å². The number of benzene rings is 1. The third kappa shape index (κ3) is 2.20. The molecule has 0 unspecified atom stereocenters. The van der Waals surface area contributed by atoms with Crippen LogP contribution in [0.5, 0.6) is 0 Å². The standard InChI is InChI=1S/C14H19NO2Si/c1-5-15-13(16)12-10-8-6-7-9-11(10)14(17-12)18(2,3)4/h6-9H,5H2,1-4H3,(H,15,16). The molecule has 2 aromatic rings. The predicted molar refractivity (Wildman–Crippen MR) is 77.2 cm³/mol. The number of furan rings is 1. The Morgan fingerprint density at radius 2 is 1.83 bits per heavy atom. The average Bonchev–Trinajstić information content (AvgIpc) is 2.68. The minimum absolute atomic E-state index is 0.127. The topological polar surface area (TPSA) is 42.2 Å². The van der Waals surface area contributed by atoms with E-state index in [0.717, 1.165) is 16.2 Å². The van der Waals surface area contributed by atoms with Crippen LogP contribution in [0, 0.1) is 0 Å². The van der Waals surface area contributed by atoms with Crippen molar-refractivity contribution >= 4 is 30.1 Å². The fourth-order valence-electron chi connectivity index (χ4n) is 2.06. The van der Waals surface area contributed by atoms with Gasteiger partial charge in [0.2, 0.25) is 0 Å². The Labute approximate surface area is 108 Å². The SMILES string of the molecule is CCNC(=O)c1oc([Si](C)(C)C)c2ccccc12. The second kappa shape index (κ2) is 4.61. The molecule has 0 atom stereocenters. The first-order valence-electron chi connectivity index (χ1n) is 6.25. The smallest absolute Gasteiger partial charge is 0.287 e. The molecule has 1 aromatic heterocycles. The summed E-state index contributed by atoms with van der Waals surface area (Å²) in [6.45, 7) is 9.18. The lowest BCUT2D eigenvalue weighted by Crippen LogP contribution is -2.37. The predicted octanol–water partition coefficient (Wildman–Crippen LogP) is 2.73. The minimum atomic E-state index is -1.59. The molecular formula is C14H19NO2Si. The molecule has 1 amide bonds. The highest BCUT2D eigenvalue weighted by molar-refractivity contribution is 6.89. The molecule has 0 spiro atoms. The van der Waals surface area contributed by atoms with Crippen molar-refractivity contribution in [2.75, 3.05) is 6.54 Å². The summed E-state index contributed by atoms with van der Waals surface area (Å²) in [5.41, 5.74) is 0. The molecule has 0 aliphatic carbocycles. The van der Waals surface area contributed by atoms with Gasteiger partial charge in [-0.15, -0.1) is 0 Å². The molecule has 1 heterocycles. The first-order chi connectivity index (χ1) is 8.45. The lowest BCUT2D eigenvalue weighted by atomic mass is 10.2. The summed E-state index contributed by atoms with van der Waals surface area (Å²) in [6.07, 6.45) is 0. The van der Waals surface area contributed by atoms with Crippen molar-refractivity contribution in [1.82, 2.24) is 5.32 Å². The van der Waals surface area contributed by atoms with Gasteiger partial charge in [0.15, 0.2) is 5.76 Å². The summed E-state index contributed by atoms with van der Waals surface area (Å²) < 4.78 is 5.89. The number of carbonyl (C=O) groups excluding carboxylic acids is 1. The van der Waals surface area contributed by atoms with Gasteiger partial charge < -0.3 is 9.73 Å². The van der Waals surface area contributed by atoms with Crippen LogP contribution < -0.4 is 10.7 Å². The van der Waals surface area contributed by atoms with Crippen LogP contribution in [0.25, 0.3) is 10.8 Å². The van der Waals surface area contributed by atoms with E-state index in [0.29, 0.717) is 12.3 Å². The first kappa shape index (κ1) is 12.9. The van der Waals surface area contributed by atoms with Crippen LogP contribution in [0.3, 0.4) is 0 Å². The van der Waals surface area contributed by atoms with Crippen molar-refractivity contribution in [3.05, 3.63) is 30.0 Å². The molecule has 1 aromatic carbocycles. The van der Waals surface area contributed by atoms with Crippen LogP contribution in [0.1, 0.15) is 17.5 Å². The van der Waals surface area contributed by atoms with E-state index in [9.17, 15) is 4.79 Å². The van der Waals surface area contributed by atoms with Crippen molar-refractivity contribution < 1.29 is 9.21 Å². The lowest BCUT2D eigenvalue weighted by molar-refractivity contribution is 0.0932. The highest BCUT2D eigenvalue weighted by atomic mass is 28.3. The molecule has 0 saturated carbocycles. The monoisotopic (exact) mass is 261 g/mol. The highest BCUT2D eigenvalue weighted by Crippen LogP contribution is 2.22. The van der Waals surface area contributed by atoms with Crippen LogP contribution in [0.15, 0.2) is 28.7 Å². The molecule has 0 aliphatic heterocycles. The Kier molecular flexibility index (Phi) is 3.30. The fraction of sp³-hybridized carbons (Fsp3) is 0.357. The Balaban J connectivity index is 2.65. The van der Waals surface area contributed by atoms with Crippen molar-refractivity contribution in [2.24, 2.45) is 0 Å². The van der Waals surface area contributed by atoms with Crippen LogP contribution in [0.4, 0.5) is 0 Å². The van der Waals surface area contributed by atoms with Gasteiger partial charge >= 0.3 is 0 Å². The van der Waals surface area contributed by atoms with Crippen molar-refractivity contribution in [1.29, 1.82) is 0 Å². The van der Waals surface area contributed by atoms with Crippen LogP contribution in [-0.2, 0) is 0 Å². The van der Waals surface area contributed by atoms with Gasteiger partial charge in [-0.2, -0.15) is 0 Å². The maximum atomic E-state index is 12.0. The number of hydrogen-bond acceptors (Lipinski definition) is 2. The van der Waals surface area contributed by atoms with Gasteiger partial charge in [0.05, 0.1) is 5.38 Å². The Morgan fingerprint density at radius 3 is 2.39 bits per heavy atom. The third-order valence-electron chi connectivity index (χ3n) is 2.85. The van der Waals surface area contributed by atoms with Gasteiger partial charge in [-0.3, -0.25) is 4.79 Å². The normalized spacial score (nSPS) is 11.8. The summed E-state index contributed by atoms with van der Waals surface area (Å²) in [4.78, 5) is 12.0. The van der Waals surface area contributed by atoms with Crippen LogP contribution in [-0.4, -0.2) is 20.5 Å². The molecule has 0 saturated heterocycles. The molecule has 0 radical (unpaired) electrons. The molecule has 0 fully saturated rings. The number of hydrogen-bond donors (Lipinski definition) is 1. The summed E-state index contributed by atoms with van der Waals surface area (Å²) >= 11 is 0. The molecule has 96 valence electrons. The second-order valence-corrected chi connectivity index (χ2v) is 10.4. The number of carbonyl (C=O) groups is 1. The Morgan fingerprint density at radius 1 is 1.22 bits per heavy atom. The van der Waals surface area contributed by atoms with Crippen molar-refractivity contribution in [3.8, 4) is 0 Å². The van der Waals surface area contributed by atoms with E-state index >= 15 is 0 Å². The van der Waals surface area contributed by atoms with E-state index in [2.05, 4.69) is 25.0 Å². The first-order valence-corrected chi connectivity index (χ1v) is 9.75. The molecule has 4 heteroatoms. The largest absolute Gasteiger partial charge is 0.460 e. The highest BCUT2D eigenvalue weighted by Gasteiger charge is 2.27. The molecule has 0 aliphatic rings. The van der Waals surface area contributed by atoms with Gasteiger partial charge in [-0.25, -0.2) is 0 Å². The lowest BCUT2D eigenvalue weighted by Gasteiger charge is -2.12. The van der Waals surface area contributed by atoms with E-state index in [1.54, 1.807) is 0 Å². The average molecular weight is 261 g/mol. The minimum Gasteiger partial charge on any atom is -0.460 e. The fourth-order valence-corrected chi connectivity index (χ4v) is 3.49. The van der Waals surface area contributed by atoms with Crippen LogP contribution in [0.2, 0.25) is 19.6 Å². The molecule has 3 nitrogen and oxygen atoms in total. The third-order valence-corrected chi connectivity index (χ3v) is 4.58. The van der Waals surface area contributed by atoms with E-state index in [1.807, 2.05) is 31.2 Å². The van der Waals surface area contributed by atoms with E-state index in [1.165, 1.54) is 0 Å². The summed E-state index contributed by atoms with van der Waals surface area (Å²) in [6, 6.07) is 7.92. The van der Waals surface area contributed by atoms with Gasteiger partial charge in [0.25, 0.3) is 5.91 Å². The number of fused-ring (bicyclic) bond motifs is 1. The summed E-state index contributed by atoms with van der Waals surface area (Å²) in [5.74, 6) is 0.322.